The Bertz CT molecular complexity index is 518. The summed E-state index contributed by atoms with van der Waals surface area (Å²) >= 11 is 0. The first-order chi connectivity index (χ1) is 13.1. The normalized spacial score (nSPS) is 11.9. The third-order valence-electron chi connectivity index (χ3n) is 4.82. The van der Waals surface area contributed by atoms with E-state index in [1.807, 2.05) is 0 Å². The largest absolute Gasteiger partial charge is 0.421 e. The Kier molecular flexibility index (Phi) is 13.0. The molecule has 5 heteroatoms. The number of rotatable bonds is 16. The molecule has 0 heterocycles. The second-order valence-corrected chi connectivity index (χ2v) is 7.21. The summed E-state index contributed by atoms with van der Waals surface area (Å²) in [6.07, 6.45) is 14.7. The third kappa shape index (κ3) is 11.4. The molecule has 1 rings (SSSR count). The van der Waals surface area contributed by atoms with Crippen LogP contribution in [0, 0.1) is 10.1 Å². The fourth-order valence-electron chi connectivity index (χ4n) is 3.16. The van der Waals surface area contributed by atoms with Crippen molar-refractivity contribution < 1.29 is 14.5 Å². The maximum absolute atomic E-state index is 12.0. The molecule has 0 spiro atoms. The van der Waals surface area contributed by atoms with E-state index in [0.29, 0.717) is 12.2 Å². The van der Waals surface area contributed by atoms with Gasteiger partial charge < -0.3 is 4.74 Å². The minimum Gasteiger partial charge on any atom is -0.421 e. The van der Waals surface area contributed by atoms with Crippen LogP contribution in [0.25, 0.3) is 0 Å². The lowest BCUT2D eigenvalue weighted by Gasteiger charge is -2.09. The molecule has 0 aliphatic carbocycles. The van der Waals surface area contributed by atoms with Gasteiger partial charge in [-0.1, -0.05) is 95.8 Å². The van der Waals surface area contributed by atoms with E-state index in [1.54, 1.807) is 30.3 Å². The molecule has 5 nitrogen and oxygen atoms in total. The van der Waals surface area contributed by atoms with Crippen molar-refractivity contribution in [3.05, 3.63) is 40.4 Å². The number of hydrogen-bond donors (Lipinski definition) is 0. The van der Waals surface area contributed by atoms with Crippen LogP contribution < -0.4 is 4.74 Å². The molecule has 0 amide bonds. The van der Waals surface area contributed by atoms with E-state index in [9.17, 15) is 14.9 Å². The van der Waals surface area contributed by atoms with Gasteiger partial charge in [-0.3, -0.25) is 10.1 Å². The molecule has 1 unspecified atom stereocenters. The predicted octanol–water partition coefficient (Wildman–Crippen LogP) is 6.33. The van der Waals surface area contributed by atoms with Crippen LogP contribution in [-0.4, -0.2) is 16.9 Å². The topological polar surface area (TPSA) is 69.4 Å². The zero-order valence-corrected chi connectivity index (χ0v) is 16.7. The van der Waals surface area contributed by atoms with Gasteiger partial charge in [0.05, 0.1) is 0 Å². The van der Waals surface area contributed by atoms with Gasteiger partial charge in [0.2, 0.25) is 0 Å². The molecule has 1 atom stereocenters. The summed E-state index contributed by atoms with van der Waals surface area (Å²) < 4.78 is 5.11. The van der Waals surface area contributed by atoms with Gasteiger partial charge in [-0.15, -0.1) is 0 Å². The van der Waals surface area contributed by atoms with Gasteiger partial charge in [0.15, 0.2) is 0 Å². The van der Waals surface area contributed by atoms with Crippen LogP contribution in [0.4, 0.5) is 0 Å². The van der Waals surface area contributed by atoms with Crippen molar-refractivity contribution in [2.45, 2.75) is 96.4 Å². The maximum Gasteiger partial charge on any atom is 0.387 e. The standard InChI is InChI=1S/C22H35NO4/c1-2-3-4-5-6-7-8-9-10-11-12-16-19-21(23(25)26)22(24)27-20-17-14-13-15-18-20/h13-15,17-18,21H,2-12,16,19H2,1H3. The fourth-order valence-corrected chi connectivity index (χ4v) is 3.16. The number of nitro groups is 1. The summed E-state index contributed by atoms with van der Waals surface area (Å²) in [5, 5.41) is 11.2. The second-order valence-electron chi connectivity index (χ2n) is 7.21. The predicted molar refractivity (Wildman–Crippen MR) is 109 cm³/mol. The number of nitrogens with zero attached hydrogens (tertiary/aromatic N) is 1. The summed E-state index contributed by atoms with van der Waals surface area (Å²) in [6, 6.07) is 7.24. The highest BCUT2D eigenvalue weighted by Gasteiger charge is 2.31. The average Bonchev–Trinajstić information content (AvgIpc) is 2.66. The Labute approximate surface area is 163 Å². The molecule has 0 N–H and O–H groups in total. The van der Waals surface area contributed by atoms with Crippen LogP contribution in [0.3, 0.4) is 0 Å². The molecule has 1 aromatic carbocycles. The fraction of sp³-hybridized carbons (Fsp3) is 0.682. The number of esters is 1. The van der Waals surface area contributed by atoms with Gasteiger partial charge in [0.1, 0.15) is 5.75 Å². The summed E-state index contributed by atoms with van der Waals surface area (Å²) in [7, 11) is 0. The van der Waals surface area contributed by atoms with E-state index in [0.717, 1.165) is 12.8 Å². The van der Waals surface area contributed by atoms with Crippen LogP contribution in [0.2, 0.25) is 0 Å². The van der Waals surface area contributed by atoms with Crippen LogP contribution in [0.15, 0.2) is 30.3 Å². The van der Waals surface area contributed by atoms with Gasteiger partial charge in [0, 0.05) is 11.3 Å². The zero-order chi connectivity index (χ0) is 19.7. The summed E-state index contributed by atoms with van der Waals surface area (Å²) in [4.78, 5) is 22.7. The summed E-state index contributed by atoms with van der Waals surface area (Å²) in [5.74, 6) is -0.418. The first kappa shape index (κ1) is 23.1. The van der Waals surface area contributed by atoms with Crippen molar-refractivity contribution >= 4 is 5.97 Å². The number of carbonyl (C=O) groups is 1. The molecule has 0 aliphatic rings. The van der Waals surface area contributed by atoms with Crippen LogP contribution in [0.5, 0.6) is 5.75 Å². The molecule has 0 bridgehead atoms. The lowest BCUT2D eigenvalue weighted by Crippen LogP contribution is -2.33. The van der Waals surface area contributed by atoms with Crippen LogP contribution in [-0.2, 0) is 4.79 Å². The Morgan fingerprint density at radius 3 is 1.85 bits per heavy atom. The van der Waals surface area contributed by atoms with E-state index in [1.165, 1.54) is 57.8 Å². The highest BCUT2D eigenvalue weighted by atomic mass is 16.6. The molecule has 0 saturated heterocycles. The molecule has 152 valence electrons. The molecule has 0 aliphatic heterocycles. The summed E-state index contributed by atoms with van der Waals surface area (Å²) in [5.41, 5.74) is 0. The van der Waals surface area contributed by atoms with E-state index in [2.05, 4.69) is 6.92 Å². The van der Waals surface area contributed by atoms with Crippen LogP contribution >= 0.6 is 0 Å². The first-order valence-corrected chi connectivity index (χ1v) is 10.6. The Balaban J connectivity index is 2.08. The van der Waals surface area contributed by atoms with Crippen molar-refractivity contribution in [3.63, 3.8) is 0 Å². The molecular weight excluding hydrogens is 342 g/mol. The first-order valence-electron chi connectivity index (χ1n) is 10.6. The minimum absolute atomic E-state index is 0.246. The Morgan fingerprint density at radius 1 is 0.889 bits per heavy atom. The van der Waals surface area contributed by atoms with Crippen molar-refractivity contribution in [1.82, 2.24) is 0 Å². The number of unbranched alkanes of at least 4 members (excludes halogenated alkanes) is 11. The van der Waals surface area contributed by atoms with E-state index >= 15 is 0 Å². The summed E-state index contributed by atoms with van der Waals surface area (Å²) in [6.45, 7) is 2.24. The van der Waals surface area contributed by atoms with Gasteiger partial charge in [-0.05, 0) is 18.6 Å². The Morgan fingerprint density at radius 2 is 1.37 bits per heavy atom. The van der Waals surface area contributed by atoms with Crippen molar-refractivity contribution in [3.8, 4) is 5.75 Å². The van der Waals surface area contributed by atoms with Gasteiger partial charge in [-0.2, -0.15) is 0 Å². The Hall–Kier alpha value is -1.91. The lowest BCUT2D eigenvalue weighted by atomic mass is 10.0. The molecule has 0 saturated carbocycles. The highest BCUT2D eigenvalue weighted by molar-refractivity contribution is 5.76. The minimum atomic E-state index is -1.27. The van der Waals surface area contributed by atoms with E-state index in [4.69, 9.17) is 4.74 Å². The maximum atomic E-state index is 12.0. The highest BCUT2D eigenvalue weighted by Crippen LogP contribution is 2.15. The number of ether oxygens (including phenoxy) is 1. The monoisotopic (exact) mass is 377 g/mol. The molecule has 0 fully saturated rings. The third-order valence-corrected chi connectivity index (χ3v) is 4.82. The molecule has 0 radical (unpaired) electrons. The van der Waals surface area contributed by atoms with E-state index in [-0.39, 0.29) is 6.42 Å². The van der Waals surface area contributed by atoms with E-state index < -0.39 is 16.9 Å². The molecular formula is C22H35NO4. The SMILES string of the molecule is CCCCCCCCCCCCCCC(C(=O)Oc1ccccc1)[N+](=O)[O-]. The molecule has 27 heavy (non-hydrogen) atoms. The number of benzene rings is 1. The van der Waals surface area contributed by atoms with Gasteiger partial charge in [-0.25, -0.2) is 4.79 Å². The number of para-hydroxylation sites is 1. The van der Waals surface area contributed by atoms with Crippen molar-refractivity contribution in [2.24, 2.45) is 0 Å². The van der Waals surface area contributed by atoms with Crippen molar-refractivity contribution in [2.75, 3.05) is 0 Å². The smallest absolute Gasteiger partial charge is 0.387 e. The zero-order valence-electron chi connectivity index (χ0n) is 16.7. The molecule has 1 aromatic rings. The lowest BCUT2D eigenvalue weighted by molar-refractivity contribution is -0.510. The van der Waals surface area contributed by atoms with Gasteiger partial charge >= 0.3 is 12.0 Å². The van der Waals surface area contributed by atoms with Crippen molar-refractivity contribution in [1.29, 1.82) is 0 Å². The van der Waals surface area contributed by atoms with Crippen LogP contribution in [0.1, 0.15) is 90.4 Å². The average molecular weight is 378 g/mol. The molecule has 0 aromatic heterocycles. The quantitative estimate of drug-likeness (QED) is 0.111. The van der Waals surface area contributed by atoms with Gasteiger partial charge in [0.25, 0.3) is 0 Å². The number of hydrogen-bond acceptors (Lipinski definition) is 4. The second kappa shape index (κ2) is 15.2. The number of carbonyl (C=O) groups excluding carboxylic acids is 1.